The molecule has 1 aliphatic heterocycles. The Morgan fingerprint density at radius 3 is 2.68 bits per heavy atom. The van der Waals surface area contributed by atoms with Crippen LogP contribution in [-0.2, 0) is 9.53 Å². The predicted octanol–water partition coefficient (Wildman–Crippen LogP) is 2.07. The van der Waals surface area contributed by atoms with Gasteiger partial charge in [0.1, 0.15) is 5.75 Å². The Labute approximate surface area is 136 Å². The first-order valence-corrected chi connectivity index (χ1v) is 7.71. The summed E-state index contributed by atoms with van der Waals surface area (Å²) in [6.45, 7) is 0.865. The van der Waals surface area contributed by atoms with Crippen LogP contribution in [0, 0.1) is 5.41 Å². The second kappa shape index (κ2) is 7.11. The highest BCUT2D eigenvalue weighted by Gasteiger charge is 2.40. The molecule has 0 unspecified atom stereocenters. The summed E-state index contributed by atoms with van der Waals surface area (Å²) in [5.74, 6) is -0.675. The fourth-order valence-corrected chi connectivity index (χ4v) is 2.81. The number of aliphatic carboxylic acids is 1. The fourth-order valence-electron chi connectivity index (χ4n) is 2.38. The van der Waals surface area contributed by atoms with Crippen LogP contribution < -0.4 is 10.1 Å². The van der Waals surface area contributed by atoms with Gasteiger partial charge in [-0.2, -0.15) is 0 Å². The molecule has 1 amide bonds. The average Bonchev–Trinajstić information content (AvgIpc) is 2.54. The maximum absolute atomic E-state index is 12.3. The van der Waals surface area contributed by atoms with Gasteiger partial charge in [0.05, 0.1) is 18.1 Å². The largest absolute Gasteiger partial charge is 0.497 e. The summed E-state index contributed by atoms with van der Waals surface area (Å²) in [7, 11) is 1.52. The smallest absolute Gasteiger partial charge is 0.311 e. The molecule has 120 valence electrons. The van der Waals surface area contributed by atoms with E-state index >= 15 is 0 Å². The van der Waals surface area contributed by atoms with Crippen molar-refractivity contribution in [2.45, 2.75) is 12.8 Å². The van der Waals surface area contributed by atoms with Crippen molar-refractivity contribution >= 4 is 27.8 Å². The number of carbonyl (C=O) groups is 2. The Balaban J connectivity index is 2.10. The number of rotatable bonds is 5. The number of hydrogen-bond donors (Lipinski definition) is 2. The number of halogens is 1. The number of carboxylic acids is 1. The van der Waals surface area contributed by atoms with E-state index in [1.54, 1.807) is 18.2 Å². The molecule has 1 aromatic rings. The highest BCUT2D eigenvalue weighted by Crippen LogP contribution is 2.30. The average molecular weight is 372 g/mol. The molecule has 0 aliphatic carbocycles. The van der Waals surface area contributed by atoms with Crippen LogP contribution in [0.4, 0.5) is 0 Å². The minimum Gasteiger partial charge on any atom is -0.497 e. The van der Waals surface area contributed by atoms with E-state index in [9.17, 15) is 14.7 Å². The summed E-state index contributed by atoms with van der Waals surface area (Å²) in [6, 6.07) is 5.06. The molecule has 6 nitrogen and oxygen atoms in total. The molecule has 7 heteroatoms. The molecule has 0 aromatic heterocycles. The molecule has 1 heterocycles. The molecule has 0 spiro atoms. The van der Waals surface area contributed by atoms with E-state index in [2.05, 4.69) is 21.2 Å². The third-order valence-electron chi connectivity index (χ3n) is 3.91. The third-order valence-corrected chi connectivity index (χ3v) is 4.60. The Hall–Kier alpha value is -1.60. The van der Waals surface area contributed by atoms with E-state index in [0.717, 1.165) is 0 Å². The SMILES string of the molecule is COc1ccc(Br)c(C(=O)NCC2(C(=O)O)CCOCC2)c1. The summed E-state index contributed by atoms with van der Waals surface area (Å²) in [6.07, 6.45) is 0.782. The van der Waals surface area contributed by atoms with Crippen molar-refractivity contribution in [3.05, 3.63) is 28.2 Å². The lowest BCUT2D eigenvalue weighted by Crippen LogP contribution is -2.46. The van der Waals surface area contributed by atoms with Crippen LogP contribution in [0.2, 0.25) is 0 Å². The van der Waals surface area contributed by atoms with Gasteiger partial charge >= 0.3 is 5.97 Å². The monoisotopic (exact) mass is 371 g/mol. The highest BCUT2D eigenvalue weighted by atomic mass is 79.9. The quantitative estimate of drug-likeness (QED) is 0.827. The van der Waals surface area contributed by atoms with Gasteiger partial charge in [0.15, 0.2) is 0 Å². The molecular formula is C15H18BrNO5. The number of ether oxygens (including phenoxy) is 2. The number of hydrogen-bond acceptors (Lipinski definition) is 4. The van der Waals surface area contributed by atoms with Gasteiger partial charge in [-0.1, -0.05) is 0 Å². The Kier molecular flexibility index (Phi) is 5.42. The number of carbonyl (C=O) groups excluding carboxylic acids is 1. The summed E-state index contributed by atoms with van der Waals surface area (Å²) in [5.41, 5.74) is -0.550. The Morgan fingerprint density at radius 2 is 2.09 bits per heavy atom. The zero-order valence-corrected chi connectivity index (χ0v) is 13.8. The maximum Gasteiger partial charge on any atom is 0.311 e. The molecule has 2 rings (SSSR count). The van der Waals surface area contributed by atoms with Gasteiger partial charge in [0.2, 0.25) is 0 Å². The van der Waals surface area contributed by atoms with Crippen molar-refractivity contribution in [3.63, 3.8) is 0 Å². The number of benzene rings is 1. The van der Waals surface area contributed by atoms with Gasteiger partial charge in [-0.15, -0.1) is 0 Å². The van der Waals surface area contributed by atoms with Crippen molar-refractivity contribution < 1.29 is 24.2 Å². The summed E-state index contributed by atoms with van der Waals surface area (Å²) in [4.78, 5) is 23.9. The number of nitrogens with one attached hydrogen (secondary N) is 1. The molecule has 2 N–H and O–H groups in total. The van der Waals surface area contributed by atoms with Gasteiger partial charge in [0.25, 0.3) is 5.91 Å². The van der Waals surface area contributed by atoms with E-state index in [1.165, 1.54) is 7.11 Å². The molecule has 22 heavy (non-hydrogen) atoms. The van der Waals surface area contributed by atoms with Gasteiger partial charge < -0.3 is 19.9 Å². The first kappa shape index (κ1) is 16.8. The van der Waals surface area contributed by atoms with E-state index in [0.29, 0.717) is 41.8 Å². The minimum absolute atomic E-state index is 0.0776. The molecule has 0 bridgehead atoms. The molecule has 0 radical (unpaired) electrons. The van der Waals surface area contributed by atoms with E-state index in [-0.39, 0.29) is 12.5 Å². The van der Waals surface area contributed by atoms with Crippen molar-refractivity contribution in [2.75, 3.05) is 26.9 Å². The summed E-state index contributed by atoms with van der Waals surface area (Å²) in [5, 5.41) is 12.2. The van der Waals surface area contributed by atoms with E-state index < -0.39 is 11.4 Å². The van der Waals surface area contributed by atoms with Crippen LogP contribution in [-0.4, -0.2) is 43.9 Å². The van der Waals surface area contributed by atoms with Crippen LogP contribution in [0.3, 0.4) is 0 Å². The van der Waals surface area contributed by atoms with Crippen LogP contribution in [0.15, 0.2) is 22.7 Å². The summed E-state index contributed by atoms with van der Waals surface area (Å²) >= 11 is 3.32. The van der Waals surface area contributed by atoms with Gasteiger partial charge in [-0.25, -0.2) is 0 Å². The molecule has 0 atom stereocenters. The number of methoxy groups -OCH3 is 1. The van der Waals surface area contributed by atoms with Crippen molar-refractivity contribution in [1.82, 2.24) is 5.32 Å². The Morgan fingerprint density at radius 1 is 1.41 bits per heavy atom. The van der Waals surface area contributed by atoms with Crippen LogP contribution in [0.5, 0.6) is 5.75 Å². The second-order valence-electron chi connectivity index (χ2n) is 5.23. The van der Waals surface area contributed by atoms with Gasteiger partial charge in [-0.3, -0.25) is 9.59 Å². The second-order valence-corrected chi connectivity index (χ2v) is 6.08. The van der Waals surface area contributed by atoms with Gasteiger partial charge in [0, 0.05) is 24.2 Å². The highest BCUT2D eigenvalue weighted by molar-refractivity contribution is 9.10. The lowest BCUT2D eigenvalue weighted by atomic mass is 9.80. The number of carboxylic acid groups (broad SMARTS) is 1. The molecular weight excluding hydrogens is 354 g/mol. The third kappa shape index (κ3) is 3.59. The molecule has 0 saturated carbocycles. The fraction of sp³-hybridized carbons (Fsp3) is 0.467. The predicted molar refractivity (Wildman–Crippen MR) is 83.1 cm³/mol. The van der Waals surface area contributed by atoms with Crippen molar-refractivity contribution in [2.24, 2.45) is 5.41 Å². The first-order chi connectivity index (χ1) is 10.5. The molecule has 1 aromatic carbocycles. The zero-order valence-electron chi connectivity index (χ0n) is 12.2. The van der Waals surface area contributed by atoms with E-state index in [4.69, 9.17) is 9.47 Å². The lowest BCUT2D eigenvalue weighted by Gasteiger charge is -2.33. The van der Waals surface area contributed by atoms with Crippen molar-refractivity contribution in [1.29, 1.82) is 0 Å². The lowest BCUT2D eigenvalue weighted by molar-refractivity contribution is -0.154. The van der Waals surface area contributed by atoms with Crippen molar-refractivity contribution in [3.8, 4) is 5.75 Å². The Bertz CT molecular complexity index is 569. The normalized spacial score (nSPS) is 16.8. The number of amides is 1. The van der Waals surface area contributed by atoms with Gasteiger partial charge in [-0.05, 0) is 47.0 Å². The maximum atomic E-state index is 12.3. The topological polar surface area (TPSA) is 84.9 Å². The molecule has 1 aliphatic rings. The molecule has 1 fully saturated rings. The van der Waals surface area contributed by atoms with Crippen LogP contribution >= 0.6 is 15.9 Å². The summed E-state index contributed by atoms with van der Waals surface area (Å²) < 4.78 is 10.9. The zero-order chi connectivity index (χ0) is 16.2. The van der Waals surface area contributed by atoms with Crippen LogP contribution in [0.25, 0.3) is 0 Å². The van der Waals surface area contributed by atoms with Crippen LogP contribution in [0.1, 0.15) is 23.2 Å². The minimum atomic E-state index is -0.959. The standard InChI is InChI=1S/C15H18BrNO5/c1-21-10-2-3-12(16)11(8-10)13(18)17-9-15(14(19)20)4-6-22-7-5-15/h2-3,8H,4-7,9H2,1H3,(H,17,18)(H,19,20). The van der Waals surface area contributed by atoms with E-state index in [1.807, 2.05) is 0 Å². The molecule has 1 saturated heterocycles. The first-order valence-electron chi connectivity index (χ1n) is 6.91.